The number of carbonyl (C=O) groups excluding carboxylic acids is 1. The van der Waals surface area contributed by atoms with Gasteiger partial charge < -0.3 is 19.1 Å². The molecule has 0 radical (unpaired) electrons. The molecule has 6 heteroatoms. The Morgan fingerprint density at radius 1 is 1.32 bits per heavy atom. The number of Topliss-reactive ketones (excluding diaryl/α,β-unsaturated/α-hetero) is 1. The van der Waals surface area contributed by atoms with Gasteiger partial charge in [0.15, 0.2) is 5.78 Å². The summed E-state index contributed by atoms with van der Waals surface area (Å²) >= 11 is 0. The molecule has 1 aromatic carbocycles. The fourth-order valence-electron chi connectivity index (χ4n) is 2.85. The van der Waals surface area contributed by atoms with Crippen molar-refractivity contribution in [2.75, 3.05) is 13.2 Å². The number of ether oxygens (including phenoxy) is 2. The summed E-state index contributed by atoms with van der Waals surface area (Å²) in [6.45, 7) is 2.29. The van der Waals surface area contributed by atoms with E-state index in [4.69, 9.17) is 14.6 Å². The highest BCUT2D eigenvalue weighted by atomic mass is 16.5. The summed E-state index contributed by atoms with van der Waals surface area (Å²) in [4.78, 5) is 24.8. The molecule has 0 amide bonds. The zero-order chi connectivity index (χ0) is 18.0. The van der Waals surface area contributed by atoms with Crippen molar-refractivity contribution in [3.05, 3.63) is 57.5 Å². The number of aryl methyl sites for hydroxylation is 1. The number of benzene rings is 1. The lowest BCUT2D eigenvalue weighted by molar-refractivity contribution is 0.0845. The Bertz CT molecular complexity index is 855. The summed E-state index contributed by atoms with van der Waals surface area (Å²) in [7, 11) is 1.64. The monoisotopic (exact) mass is 343 g/mol. The fourth-order valence-corrected chi connectivity index (χ4v) is 2.85. The highest BCUT2D eigenvalue weighted by Crippen LogP contribution is 2.34. The molecule has 1 unspecified atom stereocenters. The molecular formula is C19H21NO5. The molecule has 25 heavy (non-hydrogen) atoms. The van der Waals surface area contributed by atoms with Crippen LogP contribution < -0.4 is 15.0 Å². The van der Waals surface area contributed by atoms with Crippen molar-refractivity contribution in [1.29, 1.82) is 0 Å². The Morgan fingerprint density at radius 2 is 2.12 bits per heavy atom. The van der Waals surface area contributed by atoms with Crippen molar-refractivity contribution in [3.8, 4) is 11.5 Å². The zero-order valence-electron chi connectivity index (χ0n) is 14.3. The minimum atomic E-state index is -0.451. The number of hydrogen-bond acceptors (Lipinski definition) is 5. The summed E-state index contributed by atoms with van der Waals surface area (Å²) in [5.74, 6) is 0.792. The molecule has 0 fully saturated rings. The molecule has 2 aromatic rings. The summed E-state index contributed by atoms with van der Waals surface area (Å²) in [5, 5.41) is 8.82. The quantitative estimate of drug-likeness (QED) is 0.842. The molecule has 1 aliphatic heterocycles. The number of pyridine rings is 1. The van der Waals surface area contributed by atoms with Gasteiger partial charge in [-0.15, -0.1) is 0 Å². The summed E-state index contributed by atoms with van der Waals surface area (Å²) in [6.07, 6.45) is 0.220. The molecule has 0 spiro atoms. The van der Waals surface area contributed by atoms with Crippen LogP contribution in [0.2, 0.25) is 0 Å². The first-order valence-corrected chi connectivity index (χ1v) is 8.25. The molecule has 1 N–H and O–H groups in total. The van der Waals surface area contributed by atoms with E-state index in [-0.39, 0.29) is 29.9 Å². The van der Waals surface area contributed by atoms with Gasteiger partial charge in [0.1, 0.15) is 23.2 Å². The molecule has 0 saturated carbocycles. The number of carbonyl (C=O) groups is 1. The number of fused-ring (bicyclic) bond motifs is 1. The SMILES string of the molecule is Cc1cc2c(c(=O)n1C)C(=O)CC(c1cccc(OCCCO)c1)O2. The van der Waals surface area contributed by atoms with Gasteiger partial charge in [-0.05, 0) is 24.6 Å². The average molecular weight is 343 g/mol. The van der Waals surface area contributed by atoms with Crippen molar-refractivity contribution in [2.45, 2.75) is 25.9 Å². The van der Waals surface area contributed by atoms with Gasteiger partial charge in [-0.2, -0.15) is 0 Å². The van der Waals surface area contributed by atoms with E-state index in [2.05, 4.69) is 0 Å². The molecule has 0 saturated heterocycles. The highest BCUT2D eigenvalue weighted by Gasteiger charge is 2.31. The lowest BCUT2D eigenvalue weighted by atomic mass is 9.96. The maximum Gasteiger partial charge on any atom is 0.265 e. The number of rotatable bonds is 5. The van der Waals surface area contributed by atoms with E-state index in [1.54, 1.807) is 20.0 Å². The van der Waals surface area contributed by atoms with Crippen LogP contribution >= 0.6 is 0 Å². The van der Waals surface area contributed by atoms with E-state index >= 15 is 0 Å². The van der Waals surface area contributed by atoms with Crippen LogP contribution in [0.4, 0.5) is 0 Å². The summed E-state index contributed by atoms with van der Waals surface area (Å²) in [5.41, 5.74) is 1.36. The largest absolute Gasteiger partial charge is 0.493 e. The molecule has 1 aromatic heterocycles. The third-order valence-electron chi connectivity index (χ3n) is 4.35. The standard InChI is InChI=1S/C19H21NO5/c1-12-9-17-18(19(23)20(12)2)15(22)11-16(25-17)13-5-3-6-14(10-13)24-8-4-7-21/h3,5-6,9-10,16,21H,4,7-8,11H2,1-2H3. The molecule has 0 aliphatic carbocycles. The van der Waals surface area contributed by atoms with E-state index in [1.807, 2.05) is 24.3 Å². The van der Waals surface area contributed by atoms with Gasteiger partial charge in [-0.3, -0.25) is 9.59 Å². The third kappa shape index (κ3) is 3.44. The first-order valence-electron chi connectivity index (χ1n) is 8.25. The Labute approximate surface area is 145 Å². The summed E-state index contributed by atoms with van der Waals surface area (Å²) < 4.78 is 13.0. The Hall–Kier alpha value is -2.60. The van der Waals surface area contributed by atoms with Crippen LogP contribution in [0.5, 0.6) is 11.5 Å². The highest BCUT2D eigenvalue weighted by molar-refractivity contribution is 5.99. The van der Waals surface area contributed by atoms with Crippen LogP contribution in [-0.2, 0) is 7.05 Å². The molecular weight excluding hydrogens is 322 g/mol. The van der Waals surface area contributed by atoms with E-state index < -0.39 is 6.10 Å². The average Bonchev–Trinajstić information content (AvgIpc) is 2.60. The van der Waals surface area contributed by atoms with Gasteiger partial charge >= 0.3 is 0 Å². The third-order valence-corrected chi connectivity index (χ3v) is 4.35. The molecule has 0 bridgehead atoms. The minimum Gasteiger partial charge on any atom is -0.493 e. The predicted molar refractivity (Wildman–Crippen MR) is 92.4 cm³/mol. The summed E-state index contributed by atoms with van der Waals surface area (Å²) in [6, 6.07) is 9.08. The number of aliphatic hydroxyl groups excluding tert-OH is 1. The van der Waals surface area contributed by atoms with Gasteiger partial charge in [0, 0.05) is 31.8 Å². The molecule has 1 aliphatic rings. The van der Waals surface area contributed by atoms with E-state index in [9.17, 15) is 9.59 Å². The maximum atomic E-state index is 12.5. The van der Waals surface area contributed by atoms with Gasteiger partial charge in [-0.25, -0.2) is 0 Å². The van der Waals surface area contributed by atoms with Crippen molar-refractivity contribution < 1.29 is 19.4 Å². The second-order valence-electron chi connectivity index (χ2n) is 6.12. The molecule has 132 valence electrons. The number of hydrogen-bond donors (Lipinski definition) is 1. The number of aromatic nitrogens is 1. The normalized spacial score (nSPS) is 16.3. The van der Waals surface area contributed by atoms with Gasteiger partial charge in [0.2, 0.25) is 0 Å². The van der Waals surface area contributed by atoms with Crippen molar-refractivity contribution in [2.24, 2.45) is 7.05 Å². The van der Waals surface area contributed by atoms with Crippen molar-refractivity contribution >= 4 is 5.78 Å². The zero-order valence-corrected chi connectivity index (χ0v) is 14.3. The topological polar surface area (TPSA) is 77.8 Å². The first-order chi connectivity index (χ1) is 12.0. The van der Waals surface area contributed by atoms with E-state index in [0.29, 0.717) is 24.5 Å². The van der Waals surface area contributed by atoms with Crippen LogP contribution in [0.3, 0.4) is 0 Å². The van der Waals surface area contributed by atoms with E-state index in [0.717, 1.165) is 11.3 Å². The van der Waals surface area contributed by atoms with Crippen LogP contribution in [0.15, 0.2) is 35.1 Å². The Kier molecular flexibility index (Phi) is 4.90. The lowest BCUT2D eigenvalue weighted by Gasteiger charge is -2.26. The predicted octanol–water partition coefficient (Wildman–Crippen LogP) is 2.16. The maximum absolute atomic E-state index is 12.5. The van der Waals surface area contributed by atoms with Crippen LogP contribution in [0, 0.1) is 6.92 Å². The fraction of sp³-hybridized carbons (Fsp3) is 0.368. The lowest BCUT2D eigenvalue weighted by Crippen LogP contribution is -2.31. The second kappa shape index (κ2) is 7.11. The van der Waals surface area contributed by atoms with Crippen LogP contribution in [0.1, 0.15) is 40.6 Å². The van der Waals surface area contributed by atoms with Gasteiger partial charge in [-0.1, -0.05) is 12.1 Å². The number of nitrogens with zero attached hydrogens (tertiary/aromatic N) is 1. The Balaban J connectivity index is 1.88. The smallest absolute Gasteiger partial charge is 0.265 e. The Morgan fingerprint density at radius 3 is 2.88 bits per heavy atom. The van der Waals surface area contributed by atoms with Crippen molar-refractivity contribution in [1.82, 2.24) is 4.57 Å². The van der Waals surface area contributed by atoms with Crippen LogP contribution in [-0.4, -0.2) is 28.7 Å². The molecule has 6 nitrogen and oxygen atoms in total. The molecule has 2 heterocycles. The van der Waals surface area contributed by atoms with E-state index in [1.165, 1.54) is 4.57 Å². The van der Waals surface area contributed by atoms with Crippen LogP contribution in [0.25, 0.3) is 0 Å². The minimum absolute atomic E-state index is 0.0744. The van der Waals surface area contributed by atoms with Crippen molar-refractivity contribution in [3.63, 3.8) is 0 Å². The molecule has 1 atom stereocenters. The van der Waals surface area contributed by atoms with Gasteiger partial charge in [0.05, 0.1) is 13.0 Å². The number of aliphatic hydroxyl groups is 1. The second-order valence-corrected chi connectivity index (χ2v) is 6.12. The van der Waals surface area contributed by atoms with Gasteiger partial charge in [0.25, 0.3) is 5.56 Å². The first kappa shape index (κ1) is 17.2. The molecule has 3 rings (SSSR count). The number of ketones is 1.